The maximum absolute atomic E-state index is 13.8. The highest BCUT2D eigenvalue weighted by Gasteiger charge is 2.19. The second-order valence-corrected chi connectivity index (χ2v) is 10.2. The minimum Gasteiger partial charge on any atom is -0.494 e. The lowest BCUT2D eigenvalue weighted by atomic mass is 9.96. The van der Waals surface area contributed by atoms with Crippen LogP contribution in [0.15, 0.2) is 62.9 Å². The van der Waals surface area contributed by atoms with Gasteiger partial charge in [-0.3, -0.25) is 4.79 Å². The first-order valence-corrected chi connectivity index (χ1v) is 13.9. The number of hydrogen-bond acceptors (Lipinski definition) is 7. The molecule has 0 radical (unpaired) electrons. The molecule has 0 spiro atoms. The van der Waals surface area contributed by atoms with Crippen molar-refractivity contribution in [1.82, 2.24) is 9.66 Å². The van der Waals surface area contributed by atoms with Gasteiger partial charge in [-0.2, -0.15) is 15.0 Å². The van der Waals surface area contributed by atoms with Crippen LogP contribution in [0, 0.1) is 18.3 Å². The molecule has 0 aliphatic heterocycles. The zero-order chi connectivity index (χ0) is 28.8. The van der Waals surface area contributed by atoms with Crippen LogP contribution in [0.3, 0.4) is 0 Å². The van der Waals surface area contributed by atoms with Gasteiger partial charge in [-0.1, -0.05) is 26.0 Å². The maximum atomic E-state index is 13.8. The molecule has 9 heteroatoms. The predicted octanol–water partition coefficient (Wildman–Crippen LogP) is 6.84. The summed E-state index contributed by atoms with van der Waals surface area (Å²) in [5.74, 6) is 2.35. The molecule has 0 bridgehead atoms. The molecule has 0 atom stereocenters. The van der Waals surface area contributed by atoms with E-state index in [4.69, 9.17) is 24.5 Å². The molecular weight excluding hydrogens is 572 g/mol. The third-order valence-corrected chi connectivity index (χ3v) is 6.93. The Kier molecular flexibility index (Phi) is 9.22. The Labute approximate surface area is 242 Å². The number of rotatable bonds is 10. The van der Waals surface area contributed by atoms with Gasteiger partial charge in [0, 0.05) is 15.6 Å². The highest BCUT2D eigenvalue weighted by molar-refractivity contribution is 9.10. The van der Waals surface area contributed by atoms with Crippen LogP contribution in [0.4, 0.5) is 0 Å². The van der Waals surface area contributed by atoms with Crippen molar-refractivity contribution in [3.8, 4) is 34.7 Å². The van der Waals surface area contributed by atoms with Crippen molar-refractivity contribution in [2.45, 2.75) is 40.5 Å². The average molecular weight is 604 g/mol. The number of nitrogens with zero attached hydrogens (tertiary/aromatic N) is 4. The zero-order valence-corrected chi connectivity index (χ0v) is 24.8. The van der Waals surface area contributed by atoms with Crippen molar-refractivity contribution < 1.29 is 14.2 Å². The lowest BCUT2D eigenvalue weighted by Crippen LogP contribution is -2.21. The fourth-order valence-electron chi connectivity index (χ4n) is 4.34. The van der Waals surface area contributed by atoms with Gasteiger partial charge in [0.1, 0.15) is 11.8 Å². The summed E-state index contributed by atoms with van der Waals surface area (Å²) in [7, 11) is 0. The van der Waals surface area contributed by atoms with E-state index >= 15 is 0 Å². The smallest absolute Gasteiger partial charge is 0.282 e. The van der Waals surface area contributed by atoms with E-state index in [1.54, 1.807) is 24.4 Å². The summed E-state index contributed by atoms with van der Waals surface area (Å²) in [4.78, 5) is 18.7. The van der Waals surface area contributed by atoms with Gasteiger partial charge in [-0.25, -0.2) is 4.98 Å². The maximum Gasteiger partial charge on any atom is 0.282 e. The fraction of sp³-hybridized carbons (Fsp3) is 0.290. The Morgan fingerprint density at radius 3 is 2.45 bits per heavy atom. The Balaban J connectivity index is 1.92. The van der Waals surface area contributed by atoms with Crippen molar-refractivity contribution in [2.24, 2.45) is 5.10 Å². The van der Waals surface area contributed by atoms with Crippen molar-refractivity contribution in [3.05, 3.63) is 80.0 Å². The summed E-state index contributed by atoms with van der Waals surface area (Å²) in [5.41, 5.74) is 3.69. The number of aromatic nitrogens is 2. The van der Waals surface area contributed by atoms with E-state index in [-0.39, 0.29) is 18.1 Å². The van der Waals surface area contributed by atoms with Crippen molar-refractivity contribution in [3.63, 3.8) is 0 Å². The number of para-hydroxylation sites is 1. The average Bonchev–Trinajstić information content (AvgIpc) is 2.93. The molecule has 40 heavy (non-hydrogen) atoms. The zero-order valence-electron chi connectivity index (χ0n) is 23.2. The summed E-state index contributed by atoms with van der Waals surface area (Å²) >= 11 is 3.55. The molecule has 0 aliphatic rings. The van der Waals surface area contributed by atoms with Crippen LogP contribution in [0.1, 0.15) is 50.3 Å². The standard InChI is InChI=1S/C31H31BrN4O4/c1-6-38-27-14-20(5)24(16-23(27)19(3)4)30-35-26-11-9-8-10-22(26)31(37)36(30)34-18-21-15-28(39-7-2)29(17-25(21)32)40-13-12-33/h8-11,14-19H,6-7,13H2,1-5H3. The van der Waals surface area contributed by atoms with E-state index in [1.807, 2.05) is 57.2 Å². The molecule has 8 nitrogen and oxygen atoms in total. The van der Waals surface area contributed by atoms with Gasteiger partial charge >= 0.3 is 0 Å². The van der Waals surface area contributed by atoms with E-state index in [2.05, 4.69) is 34.9 Å². The lowest BCUT2D eigenvalue weighted by Gasteiger charge is -2.18. The van der Waals surface area contributed by atoms with Crippen molar-refractivity contribution in [1.29, 1.82) is 5.26 Å². The molecule has 0 unspecified atom stereocenters. The molecule has 1 aromatic heterocycles. The normalized spacial score (nSPS) is 11.2. The molecule has 1 heterocycles. The summed E-state index contributed by atoms with van der Waals surface area (Å²) in [6.45, 7) is 10.9. The van der Waals surface area contributed by atoms with E-state index in [0.717, 1.165) is 22.4 Å². The molecule has 0 fully saturated rings. The number of ether oxygens (including phenoxy) is 3. The summed E-state index contributed by atoms with van der Waals surface area (Å²) in [6, 6.07) is 16.7. The monoisotopic (exact) mass is 602 g/mol. The molecule has 4 aromatic rings. The highest BCUT2D eigenvalue weighted by Crippen LogP contribution is 2.35. The topological polar surface area (TPSA) is 98.7 Å². The van der Waals surface area contributed by atoms with Gasteiger partial charge in [0.05, 0.1) is 30.3 Å². The third-order valence-electron chi connectivity index (χ3n) is 6.24. The molecule has 0 aliphatic carbocycles. The van der Waals surface area contributed by atoms with Crippen LogP contribution >= 0.6 is 15.9 Å². The highest BCUT2D eigenvalue weighted by atomic mass is 79.9. The third kappa shape index (κ3) is 6.02. The summed E-state index contributed by atoms with van der Waals surface area (Å²) < 4.78 is 19.2. The number of aryl methyl sites for hydroxylation is 1. The molecule has 3 aromatic carbocycles. The van der Waals surface area contributed by atoms with Crippen LogP contribution in [-0.2, 0) is 0 Å². The number of hydrogen-bond donors (Lipinski definition) is 0. The summed E-state index contributed by atoms with van der Waals surface area (Å²) in [6.07, 6.45) is 1.58. The van der Waals surface area contributed by atoms with E-state index in [0.29, 0.717) is 51.5 Å². The number of fused-ring (bicyclic) bond motifs is 1. The Bertz CT molecular complexity index is 1670. The van der Waals surface area contributed by atoms with E-state index in [9.17, 15) is 4.79 Å². The first-order valence-electron chi connectivity index (χ1n) is 13.1. The van der Waals surface area contributed by atoms with Crippen LogP contribution < -0.4 is 19.8 Å². The molecular formula is C31H31BrN4O4. The van der Waals surface area contributed by atoms with Gasteiger partial charge in [0.15, 0.2) is 23.9 Å². The van der Waals surface area contributed by atoms with E-state index in [1.165, 1.54) is 4.68 Å². The molecule has 206 valence electrons. The van der Waals surface area contributed by atoms with Crippen LogP contribution in [0.2, 0.25) is 0 Å². The Morgan fingerprint density at radius 1 is 1.05 bits per heavy atom. The van der Waals surface area contributed by atoms with Gasteiger partial charge in [0.25, 0.3) is 5.56 Å². The van der Waals surface area contributed by atoms with Crippen molar-refractivity contribution >= 4 is 33.0 Å². The second-order valence-electron chi connectivity index (χ2n) is 9.31. The Hall–Kier alpha value is -4.16. The van der Waals surface area contributed by atoms with Crippen LogP contribution in [0.5, 0.6) is 17.2 Å². The quantitative estimate of drug-likeness (QED) is 0.184. The molecule has 0 amide bonds. The minimum atomic E-state index is -0.286. The number of nitriles is 1. The van der Waals surface area contributed by atoms with Gasteiger partial charge in [-0.15, -0.1) is 0 Å². The first kappa shape index (κ1) is 28.8. The second kappa shape index (κ2) is 12.8. The van der Waals surface area contributed by atoms with Crippen LogP contribution in [0.25, 0.3) is 22.3 Å². The SMILES string of the molecule is CCOc1cc(C=Nn2c(-c3cc(C(C)C)c(OCC)cc3C)nc3ccccc3c2=O)c(Br)cc1OCC#N. The molecule has 4 rings (SSSR count). The lowest BCUT2D eigenvalue weighted by molar-refractivity contribution is 0.298. The molecule has 0 saturated carbocycles. The fourth-order valence-corrected chi connectivity index (χ4v) is 4.76. The van der Waals surface area contributed by atoms with Gasteiger partial charge in [-0.05, 0) is 90.1 Å². The predicted molar refractivity (Wildman–Crippen MR) is 161 cm³/mol. The number of benzene rings is 3. The van der Waals surface area contributed by atoms with Gasteiger partial charge < -0.3 is 14.2 Å². The molecule has 0 saturated heterocycles. The Morgan fingerprint density at radius 2 is 1.75 bits per heavy atom. The number of halogens is 1. The minimum absolute atomic E-state index is 0.110. The van der Waals surface area contributed by atoms with Crippen LogP contribution in [-0.4, -0.2) is 35.7 Å². The van der Waals surface area contributed by atoms with Gasteiger partial charge in [0.2, 0.25) is 0 Å². The van der Waals surface area contributed by atoms with Crippen molar-refractivity contribution in [2.75, 3.05) is 19.8 Å². The first-order chi connectivity index (χ1) is 19.3. The molecule has 0 N–H and O–H groups in total. The summed E-state index contributed by atoms with van der Waals surface area (Å²) in [5, 5.41) is 14.0. The van der Waals surface area contributed by atoms with E-state index < -0.39 is 0 Å². The largest absolute Gasteiger partial charge is 0.494 e.